The summed E-state index contributed by atoms with van der Waals surface area (Å²) in [5.74, 6) is -0.491. The summed E-state index contributed by atoms with van der Waals surface area (Å²) >= 11 is 0. The van der Waals surface area contributed by atoms with Crippen molar-refractivity contribution < 1.29 is 19.7 Å². The maximum absolute atomic E-state index is 10.3. The molecular weight excluding hydrogens is 208 g/mol. The molecule has 90 valence electrons. The van der Waals surface area contributed by atoms with Crippen molar-refractivity contribution in [2.75, 3.05) is 0 Å². The first kappa shape index (κ1) is 11.6. The monoisotopic (exact) mass is 226 g/mol. The minimum absolute atomic E-state index is 0.215. The Labute approximate surface area is 94.9 Å². The van der Waals surface area contributed by atoms with Crippen LogP contribution in [0.15, 0.2) is 12.2 Å². The molecule has 0 bridgehead atoms. The zero-order chi connectivity index (χ0) is 11.5. The van der Waals surface area contributed by atoms with Crippen molar-refractivity contribution in [3.63, 3.8) is 0 Å². The number of allylic oxidation sites excluding steroid dienone is 2. The molecule has 2 aliphatic rings. The van der Waals surface area contributed by atoms with E-state index in [4.69, 9.17) is 9.84 Å². The largest absolute Gasteiger partial charge is 0.481 e. The van der Waals surface area contributed by atoms with Crippen LogP contribution in [0.2, 0.25) is 0 Å². The second-order valence-corrected chi connectivity index (χ2v) is 4.60. The van der Waals surface area contributed by atoms with Crippen LogP contribution in [0.4, 0.5) is 0 Å². The first-order chi connectivity index (χ1) is 7.68. The molecule has 0 spiro atoms. The van der Waals surface area contributed by atoms with E-state index < -0.39 is 5.97 Å². The molecule has 2 rings (SSSR count). The van der Waals surface area contributed by atoms with Gasteiger partial charge in [-0.3, -0.25) is 4.79 Å². The summed E-state index contributed by atoms with van der Waals surface area (Å²) in [6, 6.07) is 0. The Morgan fingerprint density at radius 2 is 2.25 bits per heavy atom. The van der Waals surface area contributed by atoms with Crippen LogP contribution in [0.1, 0.15) is 32.1 Å². The third-order valence-corrected chi connectivity index (χ3v) is 3.35. The lowest BCUT2D eigenvalue weighted by molar-refractivity contribution is -0.137. The second-order valence-electron chi connectivity index (χ2n) is 4.60. The Morgan fingerprint density at radius 1 is 1.44 bits per heavy atom. The number of carboxylic acids is 1. The highest BCUT2D eigenvalue weighted by atomic mass is 16.6. The fourth-order valence-corrected chi connectivity index (χ4v) is 2.39. The van der Waals surface area contributed by atoms with Gasteiger partial charge in [-0.05, 0) is 19.3 Å². The van der Waals surface area contributed by atoms with Gasteiger partial charge in [0.25, 0.3) is 0 Å². The molecule has 0 amide bonds. The highest BCUT2D eigenvalue weighted by Crippen LogP contribution is 2.44. The van der Waals surface area contributed by atoms with Crippen LogP contribution >= 0.6 is 0 Å². The average Bonchev–Trinajstić information content (AvgIpc) is 2.89. The molecule has 2 N–H and O–H groups in total. The second kappa shape index (κ2) is 4.97. The normalized spacial score (nSPS) is 36.6. The predicted molar refractivity (Wildman–Crippen MR) is 58.0 cm³/mol. The zero-order valence-electron chi connectivity index (χ0n) is 9.21. The van der Waals surface area contributed by atoms with E-state index in [0.29, 0.717) is 12.5 Å². The number of aliphatic hydroxyl groups is 1. The highest BCUT2D eigenvalue weighted by molar-refractivity contribution is 5.66. The molecule has 4 nitrogen and oxygen atoms in total. The van der Waals surface area contributed by atoms with E-state index in [1.165, 1.54) is 0 Å². The average molecular weight is 226 g/mol. The lowest BCUT2D eigenvalue weighted by atomic mass is 10.00. The Bertz CT molecular complexity index is 285. The lowest BCUT2D eigenvalue weighted by Crippen LogP contribution is -2.19. The van der Waals surface area contributed by atoms with Crippen LogP contribution in [0.5, 0.6) is 0 Å². The van der Waals surface area contributed by atoms with Gasteiger partial charge in [0.05, 0.1) is 18.3 Å². The standard InChI is InChI=1S/C12H18O4/c13-9-7-10-12(16-10)8(9)5-3-1-2-4-6-11(14)15/h1,3,8-10,12-13H,2,4-7H2,(H,14,15)/b3-1+. The molecule has 4 unspecified atom stereocenters. The zero-order valence-corrected chi connectivity index (χ0v) is 9.21. The molecule has 0 radical (unpaired) electrons. The van der Waals surface area contributed by atoms with Crippen LogP contribution in [-0.2, 0) is 9.53 Å². The number of aliphatic hydroxyl groups excluding tert-OH is 1. The van der Waals surface area contributed by atoms with Crippen LogP contribution in [0.3, 0.4) is 0 Å². The van der Waals surface area contributed by atoms with E-state index in [1.54, 1.807) is 0 Å². The maximum Gasteiger partial charge on any atom is 0.303 e. The number of unbranched alkanes of at least 4 members (excludes halogenated alkanes) is 1. The smallest absolute Gasteiger partial charge is 0.303 e. The van der Waals surface area contributed by atoms with Gasteiger partial charge in [0.2, 0.25) is 0 Å². The summed E-state index contributed by atoms with van der Waals surface area (Å²) in [6.45, 7) is 0. The van der Waals surface area contributed by atoms with Gasteiger partial charge in [0, 0.05) is 18.8 Å². The Balaban J connectivity index is 1.60. The van der Waals surface area contributed by atoms with E-state index in [2.05, 4.69) is 0 Å². The number of ether oxygens (including phenoxy) is 1. The van der Waals surface area contributed by atoms with E-state index >= 15 is 0 Å². The minimum Gasteiger partial charge on any atom is -0.481 e. The number of hydrogen-bond acceptors (Lipinski definition) is 3. The van der Waals surface area contributed by atoms with Crippen molar-refractivity contribution >= 4 is 5.97 Å². The van der Waals surface area contributed by atoms with Crippen LogP contribution in [0.25, 0.3) is 0 Å². The molecule has 1 saturated heterocycles. The van der Waals surface area contributed by atoms with E-state index in [1.807, 2.05) is 12.2 Å². The minimum atomic E-state index is -0.742. The van der Waals surface area contributed by atoms with E-state index in [-0.39, 0.29) is 24.5 Å². The number of rotatable bonds is 6. The molecule has 0 aromatic rings. The summed E-state index contributed by atoms with van der Waals surface area (Å²) < 4.78 is 5.37. The molecule has 2 fully saturated rings. The molecule has 0 aromatic heterocycles. The summed E-state index contributed by atoms with van der Waals surface area (Å²) in [5, 5.41) is 18.1. The van der Waals surface area contributed by atoms with Gasteiger partial charge in [0.1, 0.15) is 0 Å². The van der Waals surface area contributed by atoms with Crippen molar-refractivity contribution in [1.82, 2.24) is 0 Å². The molecule has 1 aliphatic carbocycles. The highest BCUT2D eigenvalue weighted by Gasteiger charge is 2.54. The van der Waals surface area contributed by atoms with Crippen molar-refractivity contribution in [1.29, 1.82) is 0 Å². The topological polar surface area (TPSA) is 70.1 Å². The summed E-state index contributed by atoms with van der Waals surface area (Å²) in [5.41, 5.74) is 0. The van der Waals surface area contributed by atoms with Crippen molar-refractivity contribution in [2.45, 2.75) is 50.4 Å². The van der Waals surface area contributed by atoms with E-state index in [0.717, 1.165) is 19.3 Å². The number of aliphatic carboxylic acids is 1. The van der Waals surface area contributed by atoms with Crippen LogP contribution in [-0.4, -0.2) is 34.5 Å². The third-order valence-electron chi connectivity index (χ3n) is 3.35. The summed E-state index contributed by atoms with van der Waals surface area (Å²) in [4.78, 5) is 10.3. The number of fused-ring (bicyclic) bond motifs is 1. The molecule has 1 saturated carbocycles. The summed E-state index contributed by atoms with van der Waals surface area (Å²) in [6.07, 6.45) is 7.74. The number of carbonyl (C=O) groups is 1. The van der Waals surface area contributed by atoms with E-state index in [9.17, 15) is 9.90 Å². The molecule has 0 aromatic carbocycles. The molecule has 1 heterocycles. The van der Waals surface area contributed by atoms with Crippen LogP contribution in [0, 0.1) is 5.92 Å². The van der Waals surface area contributed by atoms with Gasteiger partial charge in [-0.1, -0.05) is 12.2 Å². The van der Waals surface area contributed by atoms with Gasteiger partial charge >= 0.3 is 5.97 Å². The molecular formula is C12H18O4. The molecule has 4 heteroatoms. The Hall–Kier alpha value is -0.870. The molecule has 1 aliphatic heterocycles. The number of hydrogen-bond donors (Lipinski definition) is 2. The molecule has 16 heavy (non-hydrogen) atoms. The maximum atomic E-state index is 10.3. The third kappa shape index (κ3) is 2.83. The SMILES string of the molecule is O=C(O)CCC/C=C/CC1C(O)CC2OC21. The van der Waals surface area contributed by atoms with Crippen molar-refractivity contribution in [3.8, 4) is 0 Å². The predicted octanol–water partition coefficient (Wildman–Crippen LogP) is 1.34. The Morgan fingerprint density at radius 3 is 2.88 bits per heavy atom. The number of carboxylic acid groups (broad SMARTS) is 1. The first-order valence-electron chi connectivity index (χ1n) is 5.89. The Kier molecular flexibility index (Phi) is 3.61. The first-order valence-corrected chi connectivity index (χ1v) is 5.89. The quantitative estimate of drug-likeness (QED) is 0.407. The van der Waals surface area contributed by atoms with Gasteiger partial charge < -0.3 is 14.9 Å². The van der Waals surface area contributed by atoms with Crippen LogP contribution < -0.4 is 0 Å². The fraction of sp³-hybridized carbons (Fsp3) is 0.750. The van der Waals surface area contributed by atoms with Crippen molar-refractivity contribution in [2.24, 2.45) is 5.92 Å². The summed E-state index contributed by atoms with van der Waals surface area (Å²) in [7, 11) is 0. The fourth-order valence-electron chi connectivity index (χ4n) is 2.39. The van der Waals surface area contributed by atoms with Gasteiger partial charge in [0.15, 0.2) is 0 Å². The number of epoxide rings is 1. The van der Waals surface area contributed by atoms with Crippen molar-refractivity contribution in [3.05, 3.63) is 12.2 Å². The lowest BCUT2D eigenvalue weighted by Gasteiger charge is -2.13. The van der Waals surface area contributed by atoms with Gasteiger partial charge in [-0.2, -0.15) is 0 Å². The van der Waals surface area contributed by atoms with Gasteiger partial charge in [-0.25, -0.2) is 0 Å². The molecule has 4 atom stereocenters. The van der Waals surface area contributed by atoms with Gasteiger partial charge in [-0.15, -0.1) is 0 Å².